The summed E-state index contributed by atoms with van der Waals surface area (Å²) in [5.74, 6) is 0.769. The van der Waals surface area contributed by atoms with Crippen molar-refractivity contribution in [3.8, 4) is 11.8 Å². The van der Waals surface area contributed by atoms with E-state index in [1.165, 1.54) is 0 Å². The highest BCUT2D eigenvalue weighted by molar-refractivity contribution is 5.42. The molecule has 0 spiro atoms. The SMILES string of the molecule is COc1ccc(C#N)cc1CNCc1cccc(CO)c1. The molecule has 0 aromatic heterocycles. The molecule has 0 aliphatic rings. The van der Waals surface area contributed by atoms with E-state index in [0.29, 0.717) is 18.7 Å². The number of hydrogen-bond acceptors (Lipinski definition) is 4. The first-order valence-electron chi connectivity index (χ1n) is 6.73. The highest BCUT2D eigenvalue weighted by Crippen LogP contribution is 2.19. The molecule has 0 aliphatic carbocycles. The van der Waals surface area contributed by atoms with Crippen LogP contribution in [0.15, 0.2) is 42.5 Å². The van der Waals surface area contributed by atoms with E-state index in [9.17, 15) is 0 Å². The average Bonchev–Trinajstić information content (AvgIpc) is 2.55. The zero-order valence-corrected chi connectivity index (χ0v) is 12.0. The third-order valence-corrected chi connectivity index (χ3v) is 3.23. The molecule has 0 aliphatic heterocycles. The van der Waals surface area contributed by atoms with Gasteiger partial charge in [-0.3, -0.25) is 0 Å². The van der Waals surface area contributed by atoms with E-state index < -0.39 is 0 Å². The summed E-state index contributed by atoms with van der Waals surface area (Å²) in [7, 11) is 1.62. The molecule has 0 amide bonds. The van der Waals surface area contributed by atoms with Crippen LogP contribution in [0.25, 0.3) is 0 Å². The fourth-order valence-electron chi connectivity index (χ4n) is 2.17. The number of methoxy groups -OCH3 is 1. The van der Waals surface area contributed by atoms with Crippen molar-refractivity contribution in [1.29, 1.82) is 5.26 Å². The topological polar surface area (TPSA) is 65.3 Å². The lowest BCUT2D eigenvalue weighted by molar-refractivity contribution is 0.281. The van der Waals surface area contributed by atoms with Gasteiger partial charge in [0.1, 0.15) is 5.75 Å². The number of aliphatic hydroxyl groups is 1. The Morgan fingerprint density at radius 1 is 1.14 bits per heavy atom. The Bertz CT molecular complexity index is 647. The van der Waals surface area contributed by atoms with Crippen molar-refractivity contribution in [3.05, 3.63) is 64.7 Å². The monoisotopic (exact) mass is 282 g/mol. The molecule has 2 rings (SSSR count). The summed E-state index contributed by atoms with van der Waals surface area (Å²) in [4.78, 5) is 0. The van der Waals surface area contributed by atoms with Crippen molar-refractivity contribution < 1.29 is 9.84 Å². The Kier molecular flexibility index (Phi) is 5.33. The van der Waals surface area contributed by atoms with Crippen LogP contribution in [0.3, 0.4) is 0 Å². The molecule has 2 aromatic carbocycles. The molecule has 0 heterocycles. The lowest BCUT2D eigenvalue weighted by atomic mass is 10.1. The largest absolute Gasteiger partial charge is 0.496 e. The Labute approximate surface area is 124 Å². The Hall–Kier alpha value is -2.35. The van der Waals surface area contributed by atoms with Crippen molar-refractivity contribution in [2.75, 3.05) is 7.11 Å². The van der Waals surface area contributed by atoms with E-state index in [1.807, 2.05) is 36.4 Å². The van der Waals surface area contributed by atoms with Crippen molar-refractivity contribution >= 4 is 0 Å². The van der Waals surface area contributed by atoms with Gasteiger partial charge in [-0.15, -0.1) is 0 Å². The van der Waals surface area contributed by atoms with Gasteiger partial charge in [-0.2, -0.15) is 5.26 Å². The first-order valence-corrected chi connectivity index (χ1v) is 6.73. The number of benzene rings is 2. The zero-order chi connectivity index (χ0) is 15.1. The predicted octanol–water partition coefficient (Wildman–Crippen LogP) is 2.35. The van der Waals surface area contributed by atoms with Crippen LogP contribution in [0.5, 0.6) is 5.75 Å². The smallest absolute Gasteiger partial charge is 0.123 e. The van der Waals surface area contributed by atoms with Gasteiger partial charge >= 0.3 is 0 Å². The first kappa shape index (κ1) is 15.0. The van der Waals surface area contributed by atoms with Crippen LogP contribution in [0.1, 0.15) is 22.3 Å². The Balaban J connectivity index is 2.01. The molecule has 0 saturated heterocycles. The van der Waals surface area contributed by atoms with Crippen LogP contribution in [0.4, 0.5) is 0 Å². The van der Waals surface area contributed by atoms with Crippen molar-refractivity contribution in [3.63, 3.8) is 0 Å². The van der Waals surface area contributed by atoms with Gasteiger partial charge < -0.3 is 15.2 Å². The molecule has 0 bridgehead atoms. The van der Waals surface area contributed by atoms with Gasteiger partial charge in [0.15, 0.2) is 0 Å². The minimum Gasteiger partial charge on any atom is -0.496 e. The summed E-state index contributed by atoms with van der Waals surface area (Å²) >= 11 is 0. The van der Waals surface area contributed by atoms with E-state index in [4.69, 9.17) is 15.1 Å². The fourth-order valence-corrected chi connectivity index (χ4v) is 2.17. The lowest BCUT2D eigenvalue weighted by Gasteiger charge is -2.10. The van der Waals surface area contributed by atoms with Gasteiger partial charge in [-0.1, -0.05) is 24.3 Å². The fraction of sp³-hybridized carbons (Fsp3) is 0.235. The molecule has 0 unspecified atom stereocenters. The second-order valence-corrected chi connectivity index (χ2v) is 4.72. The molecule has 21 heavy (non-hydrogen) atoms. The van der Waals surface area contributed by atoms with Gasteiger partial charge in [-0.05, 0) is 29.3 Å². The maximum Gasteiger partial charge on any atom is 0.123 e. The molecule has 2 aromatic rings. The zero-order valence-electron chi connectivity index (χ0n) is 12.0. The van der Waals surface area contributed by atoms with Crippen molar-refractivity contribution in [2.45, 2.75) is 19.7 Å². The van der Waals surface area contributed by atoms with Gasteiger partial charge in [0.2, 0.25) is 0 Å². The number of nitriles is 1. The highest BCUT2D eigenvalue weighted by atomic mass is 16.5. The summed E-state index contributed by atoms with van der Waals surface area (Å²) in [5.41, 5.74) is 3.58. The van der Waals surface area contributed by atoms with Crippen molar-refractivity contribution in [2.24, 2.45) is 0 Å². The van der Waals surface area contributed by atoms with Crippen LogP contribution < -0.4 is 10.1 Å². The van der Waals surface area contributed by atoms with Crippen LogP contribution in [-0.4, -0.2) is 12.2 Å². The van der Waals surface area contributed by atoms with Crippen molar-refractivity contribution in [1.82, 2.24) is 5.32 Å². The summed E-state index contributed by atoms with van der Waals surface area (Å²) in [6.45, 7) is 1.35. The number of nitrogens with zero attached hydrogens (tertiary/aromatic N) is 1. The molecule has 0 fully saturated rings. The van der Waals surface area contributed by atoms with Gasteiger partial charge in [0.25, 0.3) is 0 Å². The normalized spacial score (nSPS) is 10.1. The first-order chi connectivity index (χ1) is 10.3. The third-order valence-electron chi connectivity index (χ3n) is 3.23. The average molecular weight is 282 g/mol. The Morgan fingerprint density at radius 2 is 1.95 bits per heavy atom. The lowest BCUT2D eigenvalue weighted by Crippen LogP contribution is -2.13. The summed E-state index contributed by atoms with van der Waals surface area (Å²) in [6, 6.07) is 15.3. The second kappa shape index (κ2) is 7.44. The van der Waals surface area contributed by atoms with Gasteiger partial charge in [-0.25, -0.2) is 0 Å². The molecule has 0 atom stereocenters. The van der Waals surface area contributed by atoms with E-state index >= 15 is 0 Å². The van der Waals surface area contributed by atoms with Crippen LogP contribution in [0, 0.1) is 11.3 Å². The number of nitrogens with one attached hydrogen (secondary N) is 1. The van der Waals surface area contributed by atoms with E-state index in [1.54, 1.807) is 13.2 Å². The molecular weight excluding hydrogens is 264 g/mol. The van der Waals surface area contributed by atoms with Crippen LogP contribution in [-0.2, 0) is 19.7 Å². The summed E-state index contributed by atoms with van der Waals surface area (Å²) < 4.78 is 5.30. The maximum absolute atomic E-state index is 9.12. The number of rotatable bonds is 6. The van der Waals surface area contributed by atoms with Crippen LogP contribution in [0.2, 0.25) is 0 Å². The van der Waals surface area contributed by atoms with E-state index in [0.717, 1.165) is 22.4 Å². The van der Waals surface area contributed by atoms with Gasteiger partial charge in [0.05, 0.1) is 25.3 Å². The summed E-state index contributed by atoms with van der Waals surface area (Å²) in [6.07, 6.45) is 0. The van der Waals surface area contributed by atoms with Gasteiger partial charge in [0, 0.05) is 18.7 Å². The second-order valence-electron chi connectivity index (χ2n) is 4.72. The molecule has 0 saturated carbocycles. The minimum atomic E-state index is 0.0475. The predicted molar refractivity (Wildman–Crippen MR) is 80.6 cm³/mol. The van der Waals surface area contributed by atoms with E-state index in [2.05, 4.69) is 11.4 Å². The third kappa shape index (κ3) is 4.06. The highest BCUT2D eigenvalue weighted by Gasteiger charge is 2.04. The molecule has 4 nitrogen and oxygen atoms in total. The molecule has 2 N–H and O–H groups in total. The number of aliphatic hydroxyl groups excluding tert-OH is 1. The summed E-state index contributed by atoms with van der Waals surface area (Å²) in [5, 5.41) is 21.4. The number of hydrogen-bond donors (Lipinski definition) is 2. The standard InChI is InChI=1S/C17H18N2O2/c1-21-17-6-5-13(9-18)8-16(17)11-19-10-14-3-2-4-15(7-14)12-20/h2-8,19-20H,10-12H2,1H3. The van der Waals surface area contributed by atoms with E-state index in [-0.39, 0.29) is 6.61 Å². The molecule has 0 radical (unpaired) electrons. The number of ether oxygens (including phenoxy) is 1. The minimum absolute atomic E-state index is 0.0475. The molecular formula is C17H18N2O2. The Morgan fingerprint density at radius 3 is 2.67 bits per heavy atom. The maximum atomic E-state index is 9.12. The van der Waals surface area contributed by atoms with Crippen LogP contribution >= 0.6 is 0 Å². The molecule has 4 heteroatoms. The quantitative estimate of drug-likeness (QED) is 0.853. The molecule has 108 valence electrons.